The van der Waals surface area contributed by atoms with Gasteiger partial charge in [-0.1, -0.05) is 0 Å². The van der Waals surface area contributed by atoms with E-state index in [0.717, 1.165) is 0 Å². The summed E-state index contributed by atoms with van der Waals surface area (Å²) in [6.07, 6.45) is -0.0600. The molecule has 11 heteroatoms. The second kappa shape index (κ2) is 5.47. The lowest BCUT2D eigenvalue weighted by atomic mass is 10.2. The van der Waals surface area contributed by atoms with Crippen molar-refractivity contribution in [3.8, 4) is 0 Å². The molecule has 122 valence electrons. The molecule has 2 rings (SSSR count). The van der Waals surface area contributed by atoms with Crippen LogP contribution in [-0.4, -0.2) is 36.4 Å². The van der Waals surface area contributed by atoms with Crippen LogP contribution in [0.25, 0.3) is 0 Å². The molecule has 0 aromatic heterocycles. The maximum Gasteiger partial charge on any atom is 0.322 e. The Morgan fingerprint density at radius 1 is 1.00 bits per heavy atom. The molecule has 0 radical (unpaired) electrons. The molecule has 5 nitrogen and oxygen atoms in total. The van der Waals surface area contributed by atoms with E-state index >= 15 is 0 Å². The van der Waals surface area contributed by atoms with Crippen molar-refractivity contribution < 1.29 is 40.3 Å². The minimum atomic E-state index is -5.20. The largest absolute Gasteiger partial charge is 0.480 e. The number of carboxylic acid groups (broad SMARTS) is 1. The number of hydrogen-bond donors (Lipinski definition) is 1. The Hall–Kier alpha value is -1.75. The van der Waals surface area contributed by atoms with Gasteiger partial charge in [-0.2, -0.15) is 4.31 Å². The van der Waals surface area contributed by atoms with Gasteiger partial charge < -0.3 is 5.11 Å². The van der Waals surface area contributed by atoms with Gasteiger partial charge in [0.25, 0.3) is 0 Å². The monoisotopic (exact) mass is 345 g/mol. The third-order valence-corrected chi connectivity index (χ3v) is 5.15. The van der Waals surface area contributed by atoms with Crippen molar-refractivity contribution in [2.45, 2.75) is 23.8 Å². The Bertz CT molecular complexity index is 722. The van der Waals surface area contributed by atoms with Gasteiger partial charge in [0.05, 0.1) is 0 Å². The Labute approximate surface area is 121 Å². The molecule has 0 aliphatic carbocycles. The molecule has 1 aliphatic heterocycles. The van der Waals surface area contributed by atoms with Crippen LogP contribution in [0.2, 0.25) is 0 Å². The predicted octanol–water partition coefficient (Wildman–Crippen LogP) is 1.62. The molecule has 1 fully saturated rings. The molecule has 22 heavy (non-hydrogen) atoms. The summed E-state index contributed by atoms with van der Waals surface area (Å²) < 4.78 is 90.9. The van der Waals surface area contributed by atoms with Crippen molar-refractivity contribution in [2.75, 3.05) is 6.54 Å². The van der Waals surface area contributed by atoms with E-state index in [1.165, 1.54) is 0 Å². The number of aliphatic carboxylic acids is 1. The molecule has 1 aromatic rings. The summed E-state index contributed by atoms with van der Waals surface area (Å²) in [5.74, 6) is -13.9. The van der Waals surface area contributed by atoms with Gasteiger partial charge in [-0.25, -0.2) is 30.4 Å². The zero-order valence-corrected chi connectivity index (χ0v) is 11.4. The van der Waals surface area contributed by atoms with Gasteiger partial charge in [0.2, 0.25) is 15.8 Å². The summed E-state index contributed by atoms with van der Waals surface area (Å²) in [7, 11) is -5.20. The van der Waals surface area contributed by atoms with Crippen LogP contribution in [0.3, 0.4) is 0 Å². The fourth-order valence-corrected chi connectivity index (χ4v) is 3.97. The normalized spacial score (nSPS) is 19.6. The van der Waals surface area contributed by atoms with Gasteiger partial charge in [0.15, 0.2) is 28.2 Å². The molecule has 1 aliphatic rings. The van der Waals surface area contributed by atoms with E-state index in [1.54, 1.807) is 0 Å². The third-order valence-electron chi connectivity index (χ3n) is 3.22. The first-order chi connectivity index (χ1) is 10.1. The zero-order chi connectivity index (χ0) is 16.8. The van der Waals surface area contributed by atoms with Gasteiger partial charge in [0, 0.05) is 6.54 Å². The van der Waals surface area contributed by atoms with Crippen molar-refractivity contribution in [3.63, 3.8) is 0 Å². The van der Waals surface area contributed by atoms with E-state index < -0.39 is 62.6 Å². The molecule has 1 saturated heterocycles. The Morgan fingerprint density at radius 2 is 1.45 bits per heavy atom. The van der Waals surface area contributed by atoms with Crippen LogP contribution >= 0.6 is 0 Å². The van der Waals surface area contributed by atoms with E-state index in [9.17, 15) is 35.2 Å². The standard InChI is InChI=1S/C11H8F5NO4S/c12-5-6(13)8(15)10(9(16)7(5)14)22(20,21)17-3-1-2-4(17)11(18)19/h4H,1-3H2,(H,18,19)/t4-/m1/s1. The second-order valence-electron chi connectivity index (χ2n) is 4.51. The summed E-state index contributed by atoms with van der Waals surface area (Å²) in [5.41, 5.74) is 0. The van der Waals surface area contributed by atoms with Crippen LogP contribution < -0.4 is 0 Å². The quantitative estimate of drug-likeness (QED) is 0.513. The van der Waals surface area contributed by atoms with Gasteiger partial charge in [0.1, 0.15) is 6.04 Å². The number of carbonyl (C=O) groups is 1. The Morgan fingerprint density at radius 3 is 1.91 bits per heavy atom. The van der Waals surface area contributed by atoms with Crippen molar-refractivity contribution in [1.29, 1.82) is 0 Å². The minimum absolute atomic E-state index is 0.0750. The summed E-state index contributed by atoms with van der Waals surface area (Å²) in [6.45, 7) is -0.404. The van der Waals surface area contributed by atoms with E-state index in [0.29, 0.717) is 0 Å². The number of rotatable bonds is 3. The first kappa shape index (κ1) is 16.6. The highest BCUT2D eigenvalue weighted by atomic mass is 32.2. The average Bonchev–Trinajstić information content (AvgIpc) is 2.93. The van der Waals surface area contributed by atoms with Gasteiger partial charge in [-0.3, -0.25) is 4.79 Å². The second-order valence-corrected chi connectivity index (χ2v) is 6.34. The molecule has 1 atom stereocenters. The summed E-state index contributed by atoms with van der Waals surface area (Å²) in [5, 5.41) is 8.88. The molecule has 0 saturated carbocycles. The summed E-state index contributed by atoms with van der Waals surface area (Å²) in [6, 6.07) is -1.63. The molecule has 1 aromatic carbocycles. The number of sulfonamides is 1. The van der Waals surface area contributed by atoms with Gasteiger partial charge in [-0.15, -0.1) is 0 Å². The molecule has 1 heterocycles. The molecule has 0 unspecified atom stereocenters. The SMILES string of the molecule is O=C(O)[C@H]1CCCN1S(=O)(=O)c1c(F)c(F)c(F)c(F)c1F. The van der Waals surface area contributed by atoms with Crippen LogP contribution in [0.1, 0.15) is 12.8 Å². The van der Waals surface area contributed by atoms with Crippen molar-refractivity contribution in [3.05, 3.63) is 29.1 Å². The topological polar surface area (TPSA) is 74.7 Å². The Balaban J connectivity index is 2.68. The molecule has 0 spiro atoms. The van der Waals surface area contributed by atoms with Gasteiger partial charge in [-0.05, 0) is 12.8 Å². The zero-order valence-electron chi connectivity index (χ0n) is 10.6. The smallest absolute Gasteiger partial charge is 0.322 e. The number of carboxylic acids is 1. The first-order valence-corrected chi connectivity index (χ1v) is 7.30. The number of halogens is 5. The van der Waals surface area contributed by atoms with Crippen molar-refractivity contribution in [1.82, 2.24) is 4.31 Å². The fraction of sp³-hybridized carbons (Fsp3) is 0.364. The number of benzene rings is 1. The van der Waals surface area contributed by atoms with Crippen LogP contribution in [0.4, 0.5) is 22.0 Å². The predicted molar refractivity (Wildman–Crippen MR) is 60.8 cm³/mol. The molecule has 1 N–H and O–H groups in total. The average molecular weight is 345 g/mol. The number of hydrogen-bond acceptors (Lipinski definition) is 3. The molecular formula is C11H8F5NO4S. The van der Waals surface area contributed by atoms with Gasteiger partial charge >= 0.3 is 5.97 Å². The van der Waals surface area contributed by atoms with Crippen LogP contribution in [0, 0.1) is 29.1 Å². The maximum absolute atomic E-state index is 13.6. The molecule has 0 bridgehead atoms. The third kappa shape index (κ3) is 2.33. The maximum atomic E-state index is 13.6. The highest BCUT2D eigenvalue weighted by molar-refractivity contribution is 7.89. The van der Waals surface area contributed by atoms with E-state index in [1.807, 2.05) is 0 Å². The van der Waals surface area contributed by atoms with Crippen LogP contribution in [-0.2, 0) is 14.8 Å². The van der Waals surface area contributed by atoms with Crippen molar-refractivity contribution in [2.24, 2.45) is 0 Å². The Kier molecular flexibility index (Phi) is 4.13. The van der Waals surface area contributed by atoms with Crippen molar-refractivity contribution >= 4 is 16.0 Å². The van der Waals surface area contributed by atoms with E-state index in [4.69, 9.17) is 5.11 Å². The van der Waals surface area contributed by atoms with E-state index in [2.05, 4.69) is 0 Å². The molecule has 0 amide bonds. The lowest BCUT2D eigenvalue weighted by Crippen LogP contribution is -2.41. The molecular weight excluding hydrogens is 337 g/mol. The number of nitrogens with zero attached hydrogens (tertiary/aromatic N) is 1. The van der Waals surface area contributed by atoms with E-state index in [-0.39, 0.29) is 17.1 Å². The first-order valence-electron chi connectivity index (χ1n) is 5.86. The lowest BCUT2D eigenvalue weighted by molar-refractivity contribution is -0.140. The minimum Gasteiger partial charge on any atom is -0.480 e. The van der Waals surface area contributed by atoms with Crippen LogP contribution in [0.15, 0.2) is 4.90 Å². The summed E-state index contributed by atoms with van der Waals surface area (Å²) in [4.78, 5) is 8.90. The highest BCUT2D eigenvalue weighted by Crippen LogP contribution is 2.32. The highest BCUT2D eigenvalue weighted by Gasteiger charge is 2.44. The summed E-state index contributed by atoms with van der Waals surface area (Å²) >= 11 is 0. The van der Waals surface area contributed by atoms with Crippen LogP contribution in [0.5, 0.6) is 0 Å². The fourth-order valence-electron chi connectivity index (χ4n) is 2.20. The lowest BCUT2D eigenvalue weighted by Gasteiger charge is -2.21.